The van der Waals surface area contributed by atoms with E-state index in [-0.39, 0.29) is 24.1 Å². The van der Waals surface area contributed by atoms with Crippen molar-refractivity contribution in [2.75, 3.05) is 18.0 Å². The highest BCUT2D eigenvalue weighted by Crippen LogP contribution is 2.28. The summed E-state index contributed by atoms with van der Waals surface area (Å²) in [6.07, 6.45) is 0.873. The Balaban J connectivity index is 1.58. The quantitative estimate of drug-likeness (QED) is 0.436. The second-order valence-corrected chi connectivity index (χ2v) is 8.80. The Morgan fingerprint density at radius 1 is 1.06 bits per heavy atom. The predicted molar refractivity (Wildman–Crippen MR) is 130 cm³/mol. The number of nitrogens with one attached hydrogen (secondary N) is 1. The van der Waals surface area contributed by atoms with Crippen LogP contribution in [0.2, 0.25) is 0 Å². The first-order valence-electron chi connectivity index (χ1n) is 10.9. The number of para-hydroxylation sites is 2. The van der Waals surface area contributed by atoms with E-state index in [4.69, 9.17) is 0 Å². The van der Waals surface area contributed by atoms with E-state index in [0.29, 0.717) is 34.9 Å². The summed E-state index contributed by atoms with van der Waals surface area (Å²) in [5, 5.41) is 1.27. The van der Waals surface area contributed by atoms with E-state index in [9.17, 15) is 9.59 Å². The van der Waals surface area contributed by atoms with E-state index in [2.05, 4.69) is 33.7 Å². The normalized spacial score (nSPS) is 12.5. The number of nitrogens with zero attached hydrogens (tertiary/aromatic N) is 4. The van der Waals surface area contributed by atoms with Crippen molar-refractivity contribution in [2.24, 2.45) is 0 Å². The van der Waals surface area contributed by atoms with E-state index in [0.717, 1.165) is 16.6 Å². The highest BCUT2D eigenvalue weighted by atomic mass is 32.1. The molecule has 7 nitrogen and oxygen atoms in total. The van der Waals surface area contributed by atoms with Crippen LogP contribution in [0, 0.1) is 0 Å². The second kappa shape index (κ2) is 9.58. The van der Waals surface area contributed by atoms with Gasteiger partial charge in [-0.3, -0.25) is 19.4 Å². The number of likely N-dealkylation sites (N-methyl/N-ethyl adjacent to an activating group) is 1. The number of aromatic amines is 1. The van der Waals surface area contributed by atoms with E-state index in [1.807, 2.05) is 49.4 Å². The minimum absolute atomic E-state index is 0.0185. The summed E-state index contributed by atoms with van der Waals surface area (Å²) >= 11 is 1.52. The lowest BCUT2D eigenvalue weighted by Gasteiger charge is -2.29. The Labute approximate surface area is 190 Å². The van der Waals surface area contributed by atoms with E-state index in [1.165, 1.54) is 11.3 Å². The van der Waals surface area contributed by atoms with Gasteiger partial charge in [0.15, 0.2) is 5.13 Å². The number of fused-ring (bicyclic) bond motifs is 2. The molecule has 1 amide bonds. The molecule has 4 rings (SSSR count). The van der Waals surface area contributed by atoms with Crippen molar-refractivity contribution in [3.05, 3.63) is 64.7 Å². The van der Waals surface area contributed by atoms with Crippen LogP contribution in [0.3, 0.4) is 0 Å². The molecule has 32 heavy (non-hydrogen) atoms. The number of carbonyl (C=O) groups excluding carboxylic acids is 1. The molecule has 0 saturated heterocycles. The van der Waals surface area contributed by atoms with E-state index in [1.54, 1.807) is 11.0 Å². The van der Waals surface area contributed by atoms with E-state index < -0.39 is 0 Å². The SMILES string of the molecule is CCC(C)N(CC(=O)N(CC)c1nc2ccccc2s1)Cc1nc2ccccc2c(=O)[nH]1. The summed E-state index contributed by atoms with van der Waals surface area (Å²) in [5.74, 6) is 0.542. The Morgan fingerprint density at radius 3 is 2.50 bits per heavy atom. The summed E-state index contributed by atoms with van der Waals surface area (Å²) in [6.45, 7) is 7.27. The van der Waals surface area contributed by atoms with Gasteiger partial charge >= 0.3 is 0 Å². The Hall–Kier alpha value is -3.10. The van der Waals surface area contributed by atoms with Gasteiger partial charge in [-0.1, -0.05) is 42.5 Å². The van der Waals surface area contributed by atoms with Crippen LogP contribution in [-0.4, -0.2) is 44.9 Å². The van der Waals surface area contributed by atoms with Gasteiger partial charge < -0.3 is 4.98 Å². The van der Waals surface area contributed by atoms with Crippen molar-refractivity contribution in [3.63, 3.8) is 0 Å². The van der Waals surface area contributed by atoms with Gasteiger partial charge in [0.1, 0.15) is 5.82 Å². The van der Waals surface area contributed by atoms with Crippen LogP contribution in [0.1, 0.15) is 33.0 Å². The molecule has 1 N–H and O–H groups in total. The summed E-state index contributed by atoms with van der Waals surface area (Å²) in [6, 6.07) is 15.3. The van der Waals surface area contributed by atoms with Crippen molar-refractivity contribution in [1.82, 2.24) is 19.9 Å². The van der Waals surface area contributed by atoms with Gasteiger partial charge in [-0.05, 0) is 44.5 Å². The van der Waals surface area contributed by atoms with Crippen molar-refractivity contribution < 1.29 is 4.79 Å². The summed E-state index contributed by atoms with van der Waals surface area (Å²) in [5.41, 5.74) is 1.40. The predicted octanol–water partition coefficient (Wildman–Crippen LogP) is 4.19. The number of rotatable bonds is 8. The minimum atomic E-state index is -0.161. The van der Waals surface area contributed by atoms with Crippen LogP contribution >= 0.6 is 11.3 Å². The molecule has 8 heteroatoms. The summed E-state index contributed by atoms with van der Waals surface area (Å²) < 4.78 is 1.06. The monoisotopic (exact) mass is 449 g/mol. The van der Waals surface area contributed by atoms with Gasteiger partial charge in [-0.25, -0.2) is 9.97 Å². The molecule has 0 saturated carbocycles. The maximum absolute atomic E-state index is 13.3. The molecule has 0 aliphatic rings. The standard InChI is InChI=1S/C24H27N5O2S/c1-4-16(3)28(14-21-25-18-11-7-6-10-17(18)23(31)27-21)15-22(30)29(5-2)24-26-19-12-8-9-13-20(19)32-24/h6-13,16H,4-5,14-15H2,1-3H3,(H,25,27,31). The Morgan fingerprint density at radius 2 is 1.78 bits per heavy atom. The van der Waals surface area contributed by atoms with Gasteiger partial charge in [0.25, 0.3) is 5.56 Å². The molecule has 1 unspecified atom stereocenters. The number of hydrogen-bond donors (Lipinski definition) is 1. The van der Waals surface area contributed by atoms with Gasteiger partial charge in [0, 0.05) is 12.6 Å². The molecule has 2 aromatic heterocycles. The lowest BCUT2D eigenvalue weighted by molar-refractivity contribution is -0.120. The van der Waals surface area contributed by atoms with Crippen LogP contribution in [0.5, 0.6) is 0 Å². The molecule has 0 aliphatic carbocycles. The van der Waals surface area contributed by atoms with Crippen LogP contribution in [0.25, 0.3) is 21.1 Å². The Kier molecular flexibility index (Phi) is 6.62. The highest BCUT2D eigenvalue weighted by Gasteiger charge is 2.24. The number of thiazole rings is 1. The molecule has 2 aromatic carbocycles. The number of hydrogen-bond acceptors (Lipinski definition) is 6. The number of amides is 1. The lowest BCUT2D eigenvalue weighted by Crippen LogP contribution is -2.44. The minimum Gasteiger partial charge on any atom is -0.309 e. The van der Waals surface area contributed by atoms with Crippen molar-refractivity contribution in [2.45, 2.75) is 39.8 Å². The smallest absolute Gasteiger partial charge is 0.258 e. The molecule has 0 fully saturated rings. The molecule has 0 radical (unpaired) electrons. The molecular formula is C24H27N5O2S. The molecule has 0 aliphatic heterocycles. The fraction of sp³-hybridized carbons (Fsp3) is 0.333. The number of carbonyl (C=O) groups is 1. The summed E-state index contributed by atoms with van der Waals surface area (Å²) in [4.78, 5) is 41.7. The molecule has 1 atom stereocenters. The van der Waals surface area contributed by atoms with Crippen LogP contribution in [0.15, 0.2) is 53.3 Å². The maximum atomic E-state index is 13.3. The molecule has 2 heterocycles. The highest BCUT2D eigenvalue weighted by molar-refractivity contribution is 7.22. The van der Waals surface area contributed by atoms with Gasteiger partial charge in [0.2, 0.25) is 5.91 Å². The number of benzene rings is 2. The third-order valence-electron chi connectivity index (χ3n) is 5.70. The number of H-pyrrole nitrogens is 1. The molecule has 166 valence electrons. The zero-order valence-electron chi connectivity index (χ0n) is 18.5. The fourth-order valence-electron chi connectivity index (χ4n) is 3.68. The van der Waals surface area contributed by atoms with Crippen molar-refractivity contribution in [3.8, 4) is 0 Å². The van der Waals surface area contributed by atoms with Gasteiger partial charge in [-0.2, -0.15) is 0 Å². The number of aromatic nitrogens is 3. The number of anilines is 1. The van der Waals surface area contributed by atoms with Crippen LogP contribution in [0.4, 0.5) is 5.13 Å². The van der Waals surface area contributed by atoms with Crippen LogP contribution < -0.4 is 10.5 Å². The zero-order valence-corrected chi connectivity index (χ0v) is 19.4. The van der Waals surface area contributed by atoms with Crippen molar-refractivity contribution >= 4 is 43.5 Å². The first-order chi connectivity index (χ1) is 15.5. The fourth-order valence-corrected chi connectivity index (χ4v) is 4.73. The van der Waals surface area contributed by atoms with E-state index >= 15 is 0 Å². The summed E-state index contributed by atoms with van der Waals surface area (Å²) in [7, 11) is 0. The first kappa shape index (κ1) is 22.1. The Bertz CT molecular complexity index is 1270. The third-order valence-corrected chi connectivity index (χ3v) is 6.76. The first-order valence-corrected chi connectivity index (χ1v) is 11.7. The lowest BCUT2D eigenvalue weighted by atomic mass is 10.2. The average molecular weight is 450 g/mol. The average Bonchev–Trinajstić information content (AvgIpc) is 3.22. The molecule has 0 bridgehead atoms. The van der Waals surface area contributed by atoms with Gasteiger partial charge in [-0.15, -0.1) is 0 Å². The topological polar surface area (TPSA) is 82.2 Å². The second-order valence-electron chi connectivity index (χ2n) is 7.79. The largest absolute Gasteiger partial charge is 0.309 e. The van der Waals surface area contributed by atoms with Crippen LogP contribution in [-0.2, 0) is 11.3 Å². The van der Waals surface area contributed by atoms with Gasteiger partial charge in [0.05, 0.1) is 34.2 Å². The maximum Gasteiger partial charge on any atom is 0.258 e. The third kappa shape index (κ3) is 4.56. The zero-order chi connectivity index (χ0) is 22.7. The molecular weight excluding hydrogens is 422 g/mol. The molecule has 4 aromatic rings. The van der Waals surface area contributed by atoms with Crippen molar-refractivity contribution in [1.29, 1.82) is 0 Å². The molecule has 0 spiro atoms.